The van der Waals surface area contributed by atoms with Gasteiger partial charge in [0, 0.05) is 12.7 Å². The van der Waals surface area contributed by atoms with Crippen molar-refractivity contribution in [1.29, 1.82) is 0 Å². The van der Waals surface area contributed by atoms with Crippen molar-refractivity contribution in [2.24, 2.45) is 4.99 Å². The van der Waals surface area contributed by atoms with Crippen LogP contribution in [0, 0.1) is 0 Å². The van der Waals surface area contributed by atoms with E-state index in [0.717, 1.165) is 0 Å². The fraction of sp³-hybridized carbons (Fsp3) is 0.368. The molecule has 1 aromatic heterocycles. The molecule has 0 aliphatic carbocycles. The Kier molecular flexibility index (Phi) is 11.9. The van der Waals surface area contributed by atoms with E-state index in [0.29, 0.717) is 37.0 Å². The molecule has 160 valence electrons. The third kappa shape index (κ3) is 9.70. The maximum Gasteiger partial charge on any atom is 0.387 e. The van der Waals surface area contributed by atoms with Gasteiger partial charge in [-0.25, -0.2) is 0 Å². The second kappa shape index (κ2) is 13.9. The molecule has 0 aliphatic rings. The molecule has 1 heterocycles. The largest absolute Gasteiger partial charge is 0.490 e. The van der Waals surface area contributed by atoms with E-state index in [1.165, 1.54) is 24.3 Å². The molecule has 0 radical (unpaired) electrons. The van der Waals surface area contributed by atoms with Gasteiger partial charge >= 0.3 is 6.61 Å². The number of aromatic nitrogens is 1. The summed E-state index contributed by atoms with van der Waals surface area (Å²) in [5.74, 6) is 1.26. The van der Waals surface area contributed by atoms with Gasteiger partial charge in [0.1, 0.15) is 18.1 Å². The predicted molar refractivity (Wildman–Crippen MR) is 117 cm³/mol. The topological polar surface area (TPSA) is 88.0 Å². The van der Waals surface area contributed by atoms with Crippen LogP contribution in [-0.4, -0.2) is 48.9 Å². The number of benzene rings is 1. The van der Waals surface area contributed by atoms with Gasteiger partial charge in [-0.3, -0.25) is 9.98 Å². The van der Waals surface area contributed by atoms with Crippen molar-refractivity contribution in [3.05, 3.63) is 54.4 Å². The van der Waals surface area contributed by atoms with Crippen LogP contribution in [0.4, 0.5) is 8.78 Å². The summed E-state index contributed by atoms with van der Waals surface area (Å²) in [6.45, 7) is 0.748. The number of nitrogens with one attached hydrogen (secondary N) is 2. The number of guanidine groups is 1. The smallest absolute Gasteiger partial charge is 0.387 e. The molecule has 0 aliphatic heterocycles. The summed E-state index contributed by atoms with van der Waals surface area (Å²) in [7, 11) is 0. The van der Waals surface area contributed by atoms with E-state index >= 15 is 0 Å². The van der Waals surface area contributed by atoms with Gasteiger partial charge in [-0.05, 0) is 36.8 Å². The highest BCUT2D eigenvalue weighted by Crippen LogP contribution is 2.19. The minimum Gasteiger partial charge on any atom is -0.490 e. The Hall–Kier alpha value is -2.21. The summed E-state index contributed by atoms with van der Waals surface area (Å²) in [6, 6.07) is 9.43. The van der Waals surface area contributed by atoms with E-state index in [9.17, 15) is 13.9 Å². The van der Waals surface area contributed by atoms with E-state index in [2.05, 4.69) is 25.3 Å². The van der Waals surface area contributed by atoms with Crippen LogP contribution in [-0.2, 0) is 0 Å². The van der Waals surface area contributed by atoms with Gasteiger partial charge in [-0.15, -0.1) is 24.0 Å². The number of aliphatic hydroxyl groups excluding tert-OH is 1. The fourth-order valence-corrected chi connectivity index (χ4v) is 2.27. The zero-order valence-corrected chi connectivity index (χ0v) is 18.3. The van der Waals surface area contributed by atoms with Crippen molar-refractivity contribution in [2.75, 3.05) is 26.2 Å². The molecular formula is C19H25F2IN4O3. The second-order valence-electron chi connectivity index (χ2n) is 5.65. The predicted octanol–water partition coefficient (Wildman–Crippen LogP) is 2.97. The molecule has 0 saturated heterocycles. The lowest BCUT2D eigenvalue weighted by atomic mass is 10.1. The number of aliphatic imine (C=N–C) groups is 1. The third-order valence-electron chi connectivity index (χ3n) is 3.55. The van der Waals surface area contributed by atoms with Gasteiger partial charge in [0.25, 0.3) is 0 Å². The molecule has 0 saturated carbocycles. The van der Waals surface area contributed by atoms with E-state index < -0.39 is 12.7 Å². The SMILES string of the molecule is CCNC(=NCC(O)c1ccc(OC(F)F)cc1)NCCOc1cccnc1.I. The van der Waals surface area contributed by atoms with Crippen LogP contribution in [0.1, 0.15) is 18.6 Å². The normalized spacial score (nSPS) is 12.1. The van der Waals surface area contributed by atoms with Crippen molar-refractivity contribution in [3.63, 3.8) is 0 Å². The molecule has 2 aromatic rings. The Labute approximate surface area is 185 Å². The number of halogens is 3. The van der Waals surface area contributed by atoms with E-state index in [1.807, 2.05) is 13.0 Å². The van der Waals surface area contributed by atoms with Gasteiger partial charge in [0.15, 0.2) is 5.96 Å². The Morgan fingerprint density at radius 1 is 1.17 bits per heavy atom. The Balaban J connectivity index is 0.00000420. The first-order valence-electron chi connectivity index (χ1n) is 8.86. The van der Waals surface area contributed by atoms with Crippen molar-refractivity contribution in [1.82, 2.24) is 15.6 Å². The zero-order valence-electron chi connectivity index (χ0n) is 15.9. The summed E-state index contributed by atoms with van der Waals surface area (Å²) < 4.78 is 34.2. The summed E-state index contributed by atoms with van der Waals surface area (Å²) in [5.41, 5.74) is 0.557. The molecular weight excluding hydrogens is 497 g/mol. The summed E-state index contributed by atoms with van der Waals surface area (Å²) in [4.78, 5) is 8.30. The Bertz CT molecular complexity index is 721. The number of ether oxygens (including phenoxy) is 2. The zero-order chi connectivity index (χ0) is 20.2. The van der Waals surface area contributed by atoms with Gasteiger partial charge < -0.3 is 25.2 Å². The maximum absolute atomic E-state index is 12.2. The molecule has 2 rings (SSSR count). The number of alkyl halides is 2. The van der Waals surface area contributed by atoms with Crippen LogP contribution in [0.2, 0.25) is 0 Å². The fourth-order valence-electron chi connectivity index (χ4n) is 2.27. The lowest BCUT2D eigenvalue weighted by Crippen LogP contribution is -2.39. The molecule has 7 nitrogen and oxygen atoms in total. The molecule has 3 N–H and O–H groups in total. The van der Waals surface area contributed by atoms with Crippen molar-refractivity contribution >= 4 is 29.9 Å². The first-order chi connectivity index (χ1) is 13.6. The minimum atomic E-state index is -2.88. The molecule has 1 atom stereocenters. The monoisotopic (exact) mass is 522 g/mol. The van der Waals surface area contributed by atoms with Gasteiger partial charge in [-0.2, -0.15) is 8.78 Å². The van der Waals surface area contributed by atoms with Crippen molar-refractivity contribution in [3.8, 4) is 11.5 Å². The lowest BCUT2D eigenvalue weighted by Gasteiger charge is -2.14. The van der Waals surface area contributed by atoms with Crippen LogP contribution >= 0.6 is 24.0 Å². The minimum absolute atomic E-state index is 0. The number of rotatable bonds is 10. The molecule has 0 fully saturated rings. The average Bonchev–Trinajstić information content (AvgIpc) is 2.70. The summed E-state index contributed by atoms with van der Waals surface area (Å²) >= 11 is 0. The summed E-state index contributed by atoms with van der Waals surface area (Å²) in [6.07, 6.45) is 2.43. The maximum atomic E-state index is 12.2. The highest BCUT2D eigenvalue weighted by atomic mass is 127. The lowest BCUT2D eigenvalue weighted by molar-refractivity contribution is -0.0498. The van der Waals surface area contributed by atoms with E-state index in [1.54, 1.807) is 18.5 Å². The highest BCUT2D eigenvalue weighted by molar-refractivity contribution is 14.0. The van der Waals surface area contributed by atoms with Crippen LogP contribution in [0.3, 0.4) is 0 Å². The standard InChI is InChI=1S/C19H24F2N4O3.HI/c1-2-23-19(24-10-11-27-16-4-3-9-22-12-16)25-13-17(26)14-5-7-15(8-6-14)28-18(20)21;/h3-9,12,17-18,26H,2,10-11,13H2,1H3,(H2,23,24,25);1H. The molecule has 0 amide bonds. The van der Waals surface area contributed by atoms with Crippen LogP contribution in [0.25, 0.3) is 0 Å². The third-order valence-corrected chi connectivity index (χ3v) is 3.55. The van der Waals surface area contributed by atoms with Gasteiger partial charge in [0.05, 0.1) is 25.4 Å². The molecule has 29 heavy (non-hydrogen) atoms. The molecule has 0 spiro atoms. The number of hydrogen-bond acceptors (Lipinski definition) is 5. The first kappa shape index (κ1) is 24.8. The van der Waals surface area contributed by atoms with Crippen molar-refractivity contribution < 1.29 is 23.4 Å². The molecule has 10 heteroatoms. The second-order valence-corrected chi connectivity index (χ2v) is 5.65. The Morgan fingerprint density at radius 2 is 1.93 bits per heavy atom. The number of hydrogen-bond donors (Lipinski definition) is 3. The number of nitrogens with zero attached hydrogens (tertiary/aromatic N) is 2. The molecule has 1 aromatic carbocycles. The molecule has 0 bridgehead atoms. The number of aliphatic hydroxyl groups is 1. The quantitative estimate of drug-likeness (QED) is 0.193. The molecule has 1 unspecified atom stereocenters. The highest BCUT2D eigenvalue weighted by Gasteiger charge is 2.09. The van der Waals surface area contributed by atoms with Crippen LogP contribution in [0.15, 0.2) is 53.8 Å². The van der Waals surface area contributed by atoms with Crippen LogP contribution < -0.4 is 20.1 Å². The average molecular weight is 522 g/mol. The Morgan fingerprint density at radius 3 is 2.55 bits per heavy atom. The van der Waals surface area contributed by atoms with E-state index in [4.69, 9.17) is 4.74 Å². The van der Waals surface area contributed by atoms with Crippen LogP contribution in [0.5, 0.6) is 11.5 Å². The first-order valence-corrected chi connectivity index (χ1v) is 8.86. The van der Waals surface area contributed by atoms with Crippen molar-refractivity contribution in [2.45, 2.75) is 19.6 Å². The van der Waals surface area contributed by atoms with Gasteiger partial charge in [0.2, 0.25) is 0 Å². The number of pyridine rings is 1. The van der Waals surface area contributed by atoms with E-state index in [-0.39, 0.29) is 36.3 Å². The van der Waals surface area contributed by atoms with Gasteiger partial charge in [-0.1, -0.05) is 12.1 Å². The summed E-state index contributed by atoms with van der Waals surface area (Å²) in [5, 5.41) is 16.4.